The third-order valence-corrected chi connectivity index (χ3v) is 22.3. The minimum absolute atomic E-state index is 0.207. The molecule has 0 heterocycles. The van der Waals surface area contributed by atoms with E-state index in [9.17, 15) is 0 Å². The molecule has 266 valence electrons. The van der Waals surface area contributed by atoms with Crippen molar-refractivity contribution < 1.29 is 0 Å². The van der Waals surface area contributed by atoms with Gasteiger partial charge in [0.05, 0.1) is 0 Å². The van der Waals surface area contributed by atoms with Crippen LogP contribution in [-0.2, 0) is 0 Å². The van der Waals surface area contributed by atoms with E-state index < -0.39 is 8.07 Å². The summed E-state index contributed by atoms with van der Waals surface area (Å²) in [5.74, 6) is 3.41. The van der Waals surface area contributed by atoms with Crippen molar-refractivity contribution in [2.24, 2.45) is 57.2 Å². The van der Waals surface area contributed by atoms with Crippen LogP contribution in [-0.4, -0.2) is 8.07 Å². The summed E-state index contributed by atoms with van der Waals surface area (Å²) in [5, 5.41) is 3.36. The predicted octanol–water partition coefficient (Wildman–Crippen LogP) is 12.0. The van der Waals surface area contributed by atoms with Crippen molar-refractivity contribution in [2.75, 3.05) is 0 Å². The first-order valence-corrected chi connectivity index (χ1v) is 22.8. The molecule has 4 saturated carbocycles. The summed E-state index contributed by atoms with van der Waals surface area (Å²) in [6.07, 6.45) is 29.4. The van der Waals surface area contributed by atoms with Crippen LogP contribution in [0.15, 0.2) is 132 Å². The maximum absolute atomic E-state index is 2.96. The first kappa shape index (κ1) is 33.9. The summed E-state index contributed by atoms with van der Waals surface area (Å²) >= 11 is 0. The summed E-state index contributed by atoms with van der Waals surface area (Å²) in [6.45, 7) is 20.4. The molecule has 9 rings (SSSR count). The van der Waals surface area contributed by atoms with Gasteiger partial charge < -0.3 is 0 Å². The fraction of sp³-hybridized carbons (Fsp3) is 0.520. The number of hydrogen-bond donors (Lipinski definition) is 0. The third-order valence-electron chi connectivity index (χ3n) is 16.0. The van der Waals surface area contributed by atoms with Crippen LogP contribution in [0.3, 0.4) is 0 Å². The Morgan fingerprint density at radius 3 is 1.27 bits per heavy atom. The van der Waals surface area contributed by atoms with Gasteiger partial charge in [-0.15, -0.1) is 0 Å². The molecule has 2 aromatic carbocycles. The van der Waals surface area contributed by atoms with Gasteiger partial charge in [-0.05, 0) is 123 Å². The molecule has 0 aromatic heterocycles. The van der Waals surface area contributed by atoms with E-state index in [1.807, 2.05) is 0 Å². The molecule has 51 heavy (non-hydrogen) atoms. The Bertz CT molecular complexity index is 1770. The molecule has 0 spiro atoms. The smallest absolute Gasteiger partial charge is 0.0808 e. The van der Waals surface area contributed by atoms with Gasteiger partial charge in [-0.2, -0.15) is 0 Å². The zero-order valence-corrected chi connectivity index (χ0v) is 33.8. The maximum atomic E-state index is 2.96. The van der Waals surface area contributed by atoms with E-state index in [1.54, 1.807) is 32.7 Å². The first-order valence-electron chi connectivity index (χ1n) is 20.6. The summed E-state index contributed by atoms with van der Waals surface area (Å²) in [5.41, 5.74) is 8.85. The van der Waals surface area contributed by atoms with E-state index in [0.717, 1.165) is 0 Å². The van der Waals surface area contributed by atoms with E-state index >= 15 is 0 Å². The van der Waals surface area contributed by atoms with Gasteiger partial charge in [0.1, 0.15) is 8.07 Å². The number of benzene rings is 2. The highest BCUT2D eigenvalue weighted by Gasteiger charge is 2.65. The molecular formula is C50H62Si. The topological polar surface area (TPSA) is 0 Å². The number of fused-ring (bicyclic) bond motifs is 6. The highest BCUT2D eigenvalue weighted by atomic mass is 28.3. The quantitative estimate of drug-likeness (QED) is 0.280. The van der Waals surface area contributed by atoms with Gasteiger partial charge in [0.15, 0.2) is 0 Å². The third kappa shape index (κ3) is 4.95. The Labute approximate surface area is 311 Å². The van der Waals surface area contributed by atoms with Crippen molar-refractivity contribution in [1.29, 1.82) is 0 Å². The van der Waals surface area contributed by atoms with E-state index in [0.29, 0.717) is 46.6 Å². The maximum Gasteiger partial charge on any atom is 0.125 e. The lowest BCUT2D eigenvalue weighted by molar-refractivity contribution is 0.244. The van der Waals surface area contributed by atoms with Crippen LogP contribution < -0.4 is 10.4 Å². The van der Waals surface area contributed by atoms with Crippen LogP contribution in [0.4, 0.5) is 0 Å². The second-order valence-corrected chi connectivity index (χ2v) is 24.8. The molecule has 0 bridgehead atoms. The van der Waals surface area contributed by atoms with Gasteiger partial charge in [0, 0.05) is 0 Å². The molecule has 0 radical (unpaired) electrons. The zero-order chi connectivity index (χ0) is 35.6. The SMILES string of the molecule is CC1(C)CCC(C)(C)C2=CC3C(C=C21)C1C=C2C(=CC1C3[Si](c1ccccc1)(c1ccccc1)C1CCC3C=CC=CC31)C(C)(C)CCC2(C)C. The minimum atomic E-state index is -2.52. The molecule has 7 aliphatic rings. The highest BCUT2D eigenvalue weighted by molar-refractivity contribution is 7.04. The van der Waals surface area contributed by atoms with E-state index in [-0.39, 0.29) is 21.7 Å². The molecule has 0 nitrogen and oxygen atoms in total. The normalized spacial score (nSPS) is 36.3. The molecule has 0 N–H and O–H groups in total. The van der Waals surface area contributed by atoms with Crippen LogP contribution in [0.1, 0.15) is 93.9 Å². The average molecular weight is 691 g/mol. The van der Waals surface area contributed by atoms with Crippen LogP contribution in [0.2, 0.25) is 11.1 Å². The molecule has 7 aliphatic carbocycles. The van der Waals surface area contributed by atoms with Crippen molar-refractivity contribution >= 4 is 18.4 Å². The summed E-state index contributed by atoms with van der Waals surface area (Å²) in [6, 6.07) is 24.4. The standard InChI is InChI=1S/C50H62Si/c1-47(2)25-27-49(5,6)43-31-39-37(29-41(43)47)38-30-42-44(50(7,8)28-26-48(42,3)4)32-40(38)46(39)51(34-18-11-9-12-19-34,35-20-13-10-14-21-35)45-24-23-33-17-15-16-22-36(33)45/h9-22,29-33,36-40,45-46H,23-28H2,1-8H3. The highest BCUT2D eigenvalue weighted by Crippen LogP contribution is 2.68. The van der Waals surface area contributed by atoms with Crippen LogP contribution in [0, 0.1) is 57.2 Å². The van der Waals surface area contributed by atoms with E-state index in [2.05, 4.69) is 165 Å². The van der Waals surface area contributed by atoms with Crippen LogP contribution in [0.25, 0.3) is 0 Å². The van der Waals surface area contributed by atoms with E-state index in [1.165, 1.54) is 38.5 Å². The zero-order valence-electron chi connectivity index (χ0n) is 32.8. The number of rotatable bonds is 4. The lowest BCUT2D eigenvalue weighted by Crippen LogP contribution is -2.67. The summed E-state index contributed by atoms with van der Waals surface area (Å²) < 4.78 is 0. The Balaban J connectivity index is 1.36. The fourth-order valence-electron chi connectivity index (χ4n) is 13.1. The molecule has 0 aliphatic heterocycles. The fourth-order valence-corrected chi connectivity index (χ4v) is 20.5. The van der Waals surface area contributed by atoms with Crippen molar-refractivity contribution in [3.8, 4) is 0 Å². The van der Waals surface area contributed by atoms with Gasteiger partial charge in [-0.1, -0.05) is 181 Å². The average Bonchev–Trinajstić information content (AvgIpc) is 3.69. The van der Waals surface area contributed by atoms with E-state index in [4.69, 9.17) is 0 Å². The Morgan fingerprint density at radius 2 is 0.843 bits per heavy atom. The largest absolute Gasteiger partial charge is 0.125 e. The molecule has 1 heteroatoms. The molecule has 7 atom stereocenters. The van der Waals surface area contributed by atoms with Crippen LogP contribution in [0.5, 0.6) is 0 Å². The van der Waals surface area contributed by atoms with Gasteiger partial charge >= 0.3 is 0 Å². The Morgan fingerprint density at radius 1 is 0.451 bits per heavy atom. The van der Waals surface area contributed by atoms with Crippen molar-refractivity contribution in [3.05, 3.63) is 132 Å². The summed E-state index contributed by atoms with van der Waals surface area (Å²) in [7, 11) is -2.52. The van der Waals surface area contributed by atoms with Gasteiger partial charge in [0.2, 0.25) is 0 Å². The molecule has 0 amide bonds. The lowest BCUT2D eigenvalue weighted by Gasteiger charge is -2.52. The molecule has 7 unspecified atom stereocenters. The Hall–Kier alpha value is -2.90. The molecular weight excluding hydrogens is 629 g/mol. The van der Waals surface area contributed by atoms with Gasteiger partial charge in [0.25, 0.3) is 0 Å². The Kier molecular flexibility index (Phi) is 7.68. The van der Waals surface area contributed by atoms with Crippen molar-refractivity contribution in [1.82, 2.24) is 0 Å². The summed E-state index contributed by atoms with van der Waals surface area (Å²) in [4.78, 5) is 0. The minimum Gasteiger partial charge on any atom is -0.0808 e. The monoisotopic (exact) mass is 690 g/mol. The van der Waals surface area contributed by atoms with Crippen molar-refractivity contribution in [3.63, 3.8) is 0 Å². The second kappa shape index (κ2) is 11.5. The number of hydrogen-bond acceptors (Lipinski definition) is 0. The predicted molar refractivity (Wildman–Crippen MR) is 220 cm³/mol. The molecule has 4 fully saturated rings. The van der Waals surface area contributed by atoms with Gasteiger partial charge in [-0.3, -0.25) is 0 Å². The van der Waals surface area contributed by atoms with Crippen LogP contribution >= 0.6 is 0 Å². The molecule has 2 aromatic rings. The van der Waals surface area contributed by atoms with Crippen molar-refractivity contribution in [2.45, 2.75) is 105 Å². The lowest BCUT2D eigenvalue weighted by atomic mass is 9.56. The first-order chi connectivity index (χ1) is 24.3. The molecule has 0 saturated heterocycles. The number of allylic oxidation sites excluding steroid dienone is 12. The second-order valence-electron chi connectivity index (χ2n) is 20.5. The van der Waals surface area contributed by atoms with Gasteiger partial charge in [-0.25, -0.2) is 0 Å².